The summed E-state index contributed by atoms with van der Waals surface area (Å²) in [5.74, 6) is 0.891. The summed E-state index contributed by atoms with van der Waals surface area (Å²) in [6, 6.07) is 12.6. The molecule has 0 heterocycles. The average molecular weight is 341 g/mol. The number of halogens is 1. The highest BCUT2D eigenvalue weighted by Crippen LogP contribution is 2.33. The average Bonchev–Trinajstić information content (AvgIpc) is 2.49. The van der Waals surface area contributed by atoms with Gasteiger partial charge in [0.2, 0.25) is 0 Å². The molecule has 0 aromatic heterocycles. The van der Waals surface area contributed by atoms with E-state index in [-0.39, 0.29) is 28.0 Å². The van der Waals surface area contributed by atoms with Gasteiger partial charge >= 0.3 is 0 Å². The maximum atomic E-state index is 11.2. The van der Waals surface area contributed by atoms with Gasteiger partial charge in [0.15, 0.2) is 5.75 Å². The van der Waals surface area contributed by atoms with E-state index in [1.807, 2.05) is 6.07 Å². The van der Waals surface area contributed by atoms with Crippen LogP contribution in [0.4, 0.5) is 5.69 Å². The van der Waals surface area contributed by atoms with Gasteiger partial charge in [-0.1, -0.05) is 18.2 Å². The van der Waals surface area contributed by atoms with Crippen LogP contribution in [0.1, 0.15) is 0 Å². The Balaban J connectivity index is 2.48. The molecule has 2 aromatic carbocycles. The fourth-order valence-electron chi connectivity index (χ4n) is 1.63. The number of alkyl halides is 1. The minimum absolute atomic E-state index is 0.0269. The van der Waals surface area contributed by atoms with Crippen molar-refractivity contribution in [2.24, 2.45) is 10.7 Å². The number of amidine groups is 1. The van der Waals surface area contributed by atoms with Gasteiger partial charge in [-0.2, -0.15) is 8.42 Å². The Morgan fingerprint density at radius 2 is 1.91 bits per heavy atom. The summed E-state index contributed by atoms with van der Waals surface area (Å²) < 4.78 is 37.2. The van der Waals surface area contributed by atoms with Gasteiger partial charge in [-0.3, -0.25) is 4.55 Å². The molecular formula is C14H13ClN2O4S. The normalized spacial score (nSPS) is 12.2. The van der Waals surface area contributed by atoms with Gasteiger partial charge in [-0.15, -0.1) is 11.6 Å². The molecule has 6 nitrogen and oxygen atoms in total. The Morgan fingerprint density at radius 1 is 1.23 bits per heavy atom. The second-order valence-corrected chi connectivity index (χ2v) is 5.95. The smallest absolute Gasteiger partial charge is 0.294 e. The van der Waals surface area contributed by atoms with Crippen molar-refractivity contribution < 1.29 is 17.7 Å². The molecular weight excluding hydrogens is 328 g/mol. The summed E-state index contributed by atoms with van der Waals surface area (Å²) >= 11 is 5.58. The van der Waals surface area contributed by atoms with E-state index in [1.165, 1.54) is 12.1 Å². The fourth-order valence-corrected chi connectivity index (χ4v) is 2.19. The van der Waals surface area contributed by atoms with Crippen LogP contribution in [0.3, 0.4) is 0 Å². The third kappa shape index (κ3) is 4.20. The van der Waals surface area contributed by atoms with Gasteiger partial charge in [0.1, 0.15) is 17.3 Å². The first-order valence-corrected chi connectivity index (χ1v) is 8.11. The minimum Gasteiger partial charge on any atom is -0.455 e. The van der Waals surface area contributed by atoms with Crippen molar-refractivity contribution >= 4 is 33.2 Å². The van der Waals surface area contributed by atoms with E-state index in [1.54, 1.807) is 24.3 Å². The molecule has 0 unspecified atom stereocenters. The third-order valence-corrected chi connectivity index (χ3v) is 3.72. The maximum Gasteiger partial charge on any atom is 0.294 e. The lowest BCUT2D eigenvalue weighted by atomic mass is 10.3. The summed E-state index contributed by atoms with van der Waals surface area (Å²) in [5, 5.41) is 0. The molecule has 3 N–H and O–H groups in total. The first kappa shape index (κ1) is 16.3. The van der Waals surface area contributed by atoms with Crippen LogP contribution in [0.25, 0.3) is 0 Å². The number of aliphatic imine (C=N–C) groups is 1. The Bertz CT molecular complexity index is 792. The molecule has 0 fully saturated rings. The molecule has 22 heavy (non-hydrogen) atoms. The van der Waals surface area contributed by atoms with E-state index in [9.17, 15) is 8.42 Å². The van der Waals surface area contributed by atoms with Crippen LogP contribution >= 0.6 is 11.6 Å². The summed E-state index contributed by atoms with van der Waals surface area (Å²) in [6.07, 6.45) is 0. The van der Waals surface area contributed by atoms with Crippen LogP contribution in [0.2, 0.25) is 0 Å². The van der Waals surface area contributed by atoms with E-state index in [0.29, 0.717) is 5.75 Å². The summed E-state index contributed by atoms with van der Waals surface area (Å²) in [4.78, 5) is 3.70. The monoisotopic (exact) mass is 340 g/mol. The molecule has 2 rings (SSSR count). The highest BCUT2D eigenvalue weighted by atomic mass is 35.5. The SMILES string of the molecule is NC(CCl)=Nc1cc(S(=O)(=O)O)ccc1Oc1ccccc1. The fraction of sp³-hybridized carbons (Fsp3) is 0.0714. The lowest BCUT2D eigenvalue weighted by Crippen LogP contribution is -2.12. The lowest BCUT2D eigenvalue weighted by molar-refractivity contribution is 0.479. The van der Waals surface area contributed by atoms with Crippen LogP contribution in [0, 0.1) is 0 Å². The molecule has 8 heteroatoms. The van der Waals surface area contributed by atoms with Crippen LogP contribution in [-0.2, 0) is 10.1 Å². The minimum atomic E-state index is -4.36. The molecule has 2 aromatic rings. The number of nitrogens with two attached hydrogens (primary N) is 1. The van der Waals surface area contributed by atoms with Crippen LogP contribution in [-0.4, -0.2) is 24.7 Å². The van der Waals surface area contributed by atoms with Crippen molar-refractivity contribution in [2.45, 2.75) is 4.90 Å². The molecule has 0 atom stereocenters. The quantitative estimate of drug-likeness (QED) is 0.377. The van der Waals surface area contributed by atoms with Crippen molar-refractivity contribution in [1.82, 2.24) is 0 Å². The van der Waals surface area contributed by atoms with E-state index in [2.05, 4.69) is 4.99 Å². The zero-order chi connectivity index (χ0) is 16.2. The Morgan fingerprint density at radius 3 is 2.50 bits per heavy atom. The Kier molecular flexibility index (Phi) is 5.02. The summed E-state index contributed by atoms with van der Waals surface area (Å²) in [5.41, 5.74) is 5.73. The maximum absolute atomic E-state index is 11.2. The summed E-state index contributed by atoms with van der Waals surface area (Å²) in [7, 11) is -4.36. The highest BCUT2D eigenvalue weighted by Gasteiger charge is 2.14. The molecule has 0 aliphatic carbocycles. The van der Waals surface area contributed by atoms with Crippen molar-refractivity contribution in [1.29, 1.82) is 0 Å². The summed E-state index contributed by atoms with van der Waals surface area (Å²) in [6.45, 7) is 0. The molecule has 0 amide bonds. The van der Waals surface area contributed by atoms with Gasteiger partial charge in [0.05, 0.1) is 10.8 Å². The highest BCUT2D eigenvalue weighted by molar-refractivity contribution is 7.85. The second-order valence-electron chi connectivity index (χ2n) is 4.26. The number of para-hydroxylation sites is 1. The zero-order valence-electron chi connectivity index (χ0n) is 11.3. The number of hydrogen-bond acceptors (Lipinski definition) is 4. The molecule has 0 saturated carbocycles. The predicted molar refractivity (Wildman–Crippen MR) is 84.8 cm³/mol. The van der Waals surface area contributed by atoms with Crippen LogP contribution < -0.4 is 10.5 Å². The largest absolute Gasteiger partial charge is 0.455 e. The third-order valence-electron chi connectivity index (χ3n) is 2.60. The molecule has 0 aliphatic heterocycles. The molecule has 0 aliphatic rings. The topological polar surface area (TPSA) is 102 Å². The number of nitrogens with zero attached hydrogens (tertiary/aromatic N) is 1. The first-order chi connectivity index (χ1) is 10.4. The van der Waals surface area contributed by atoms with Gasteiger partial charge in [0, 0.05) is 0 Å². The van der Waals surface area contributed by atoms with Crippen LogP contribution in [0.15, 0.2) is 58.4 Å². The number of rotatable bonds is 5. The number of ether oxygens (including phenoxy) is 1. The van der Waals surface area contributed by atoms with Crippen molar-refractivity contribution in [3.63, 3.8) is 0 Å². The first-order valence-electron chi connectivity index (χ1n) is 6.13. The molecule has 0 saturated heterocycles. The second kappa shape index (κ2) is 6.78. The number of benzene rings is 2. The molecule has 0 bridgehead atoms. The van der Waals surface area contributed by atoms with E-state index in [0.717, 1.165) is 6.07 Å². The standard InChI is InChI=1S/C14H13ClN2O4S/c15-9-14(16)17-12-8-11(22(18,19)20)6-7-13(12)21-10-4-2-1-3-5-10/h1-8H,9H2,(H2,16,17)(H,18,19,20). The van der Waals surface area contributed by atoms with Crippen molar-refractivity contribution in [3.05, 3.63) is 48.5 Å². The van der Waals surface area contributed by atoms with Gasteiger partial charge in [-0.25, -0.2) is 4.99 Å². The predicted octanol–water partition coefficient (Wildman–Crippen LogP) is 2.95. The Hall–Kier alpha value is -2.09. The van der Waals surface area contributed by atoms with Gasteiger partial charge in [-0.05, 0) is 30.3 Å². The van der Waals surface area contributed by atoms with Crippen molar-refractivity contribution in [2.75, 3.05) is 5.88 Å². The van der Waals surface area contributed by atoms with Gasteiger partial charge in [0.25, 0.3) is 10.1 Å². The van der Waals surface area contributed by atoms with E-state index in [4.69, 9.17) is 26.6 Å². The Labute approximate surface area is 132 Å². The number of hydrogen-bond donors (Lipinski definition) is 2. The lowest BCUT2D eigenvalue weighted by Gasteiger charge is -2.10. The van der Waals surface area contributed by atoms with E-state index < -0.39 is 10.1 Å². The molecule has 0 radical (unpaired) electrons. The van der Waals surface area contributed by atoms with Gasteiger partial charge < -0.3 is 10.5 Å². The zero-order valence-corrected chi connectivity index (χ0v) is 12.9. The van der Waals surface area contributed by atoms with E-state index >= 15 is 0 Å². The van der Waals surface area contributed by atoms with Crippen LogP contribution in [0.5, 0.6) is 11.5 Å². The molecule has 116 valence electrons. The van der Waals surface area contributed by atoms with Crippen molar-refractivity contribution in [3.8, 4) is 11.5 Å². The molecule has 0 spiro atoms.